The molecule has 4 nitrogen and oxygen atoms in total. The highest BCUT2D eigenvalue weighted by atomic mass is 32.1. The summed E-state index contributed by atoms with van der Waals surface area (Å²) in [6.45, 7) is 4.12. The maximum Gasteiger partial charge on any atom is 0.238 e. The lowest BCUT2D eigenvalue weighted by molar-refractivity contribution is -0.117. The quantitative estimate of drug-likeness (QED) is 0.832. The van der Waals surface area contributed by atoms with Crippen molar-refractivity contribution in [3.63, 3.8) is 0 Å². The number of rotatable bonds is 4. The lowest BCUT2D eigenvalue weighted by Crippen LogP contribution is -2.43. The van der Waals surface area contributed by atoms with E-state index < -0.39 is 0 Å². The molecule has 1 saturated heterocycles. The van der Waals surface area contributed by atoms with Gasteiger partial charge in [0.2, 0.25) is 5.91 Å². The van der Waals surface area contributed by atoms with Gasteiger partial charge in [-0.2, -0.15) is 0 Å². The van der Waals surface area contributed by atoms with E-state index in [-0.39, 0.29) is 11.8 Å². The molecule has 1 atom stereocenters. The van der Waals surface area contributed by atoms with Gasteiger partial charge in [0.05, 0.1) is 11.5 Å². The third kappa shape index (κ3) is 4.28. The Balaban J connectivity index is 1.86. The molecule has 1 aliphatic rings. The summed E-state index contributed by atoms with van der Waals surface area (Å²) >= 11 is 5.05. The standard InChI is InChI=1S/C15H21N3OS/c1-11-4-2-6-13(8-11)17-14(19)10-18-7-3-5-12(9-18)15(16)20/h2,4,6,8,12H,3,5,7,9-10H2,1H3,(H2,16,20)(H,17,19). The van der Waals surface area contributed by atoms with Crippen LogP contribution in [0.25, 0.3) is 0 Å². The molecule has 0 radical (unpaired) electrons. The molecule has 0 aliphatic carbocycles. The van der Waals surface area contributed by atoms with Crippen LogP contribution in [0, 0.1) is 12.8 Å². The molecular formula is C15H21N3OS. The summed E-state index contributed by atoms with van der Waals surface area (Å²) in [7, 11) is 0. The molecule has 2 rings (SSSR count). The highest BCUT2D eigenvalue weighted by Gasteiger charge is 2.23. The second-order valence-electron chi connectivity index (χ2n) is 5.39. The molecule has 0 saturated carbocycles. The SMILES string of the molecule is Cc1cccc(NC(=O)CN2CCCC(C(N)=S)C2)c1. The molecule has 0 spiro atoms. The van der Waals surface area contributed by atoms with Gasteiger partial charge in [0.15, 0.2) is 0 Å². The van der Waals surface area contributed by atoms with E-state index in [2.05, 4.69) is 10.2 Å². The summed E-state index contributed by atoms with van der Waals surface area (Å²) in [4.78, 5) is 14.7. The van der Waals surface area contributed by atoms with Crippen molar-refractivity contribution in [2.75, 3.05) is 25.0 Å². The van der Waals surface area contributed by atoms with E-state index in [1.807, 2.05) is 31.2 Å². The van der Waals surface area contributed by atoms with Crippen molar-refractivity contribution in [3.05, 3.63) is 29.8 Å². The van der Waals surface area contributed by atoms with E-state index in [0.29, 0.717) is 11.5 Å². The molecular weight excluding hydrogens is 270 g/mol. The Bertz CT molecular complexity index is 504. The maximum atomic E-state index is 12.1. The fraction of sp³-hybridized carbons (Fsp3) is 0.467. The summed E-state index contributed by atoms with van der Waals surface area (Å²) in [5, 5.41) is 2.93. The molecule has 20 heavy (non-hydrogen) atoms. The second-order valence-corrected chi connectivity index (χ2v) is 5.87. The second kappa shape index (κ2) is 6.81. The van der Waals surface area contributed by atoms with Crippen LogP contribution in [0.15, 0.2) is 24.3 Å². The number of piperidine rings is 1. The van der Waals surface area contributed by atoms with Gasteiger partial charge in [-0.1, -0.05) is 24.4 Å². The highest BCUT2D eigenvalue weighted by molar-refractivity contribution is 7.80. The summed E-state index contributed by atoms with van der Waals surface area (Å²) < 4.78 is 0. The third-order valence-corrected chi connectivity index (χ3v) is 3.91. The predicted octanol–water partition coefficient (Wildman–Crippen LogP) is 1.93. The van der Waals surface area contributed by atoms with Crippen molar-refractivity contribution in [2.45, 2.75) is 19.8 Å². The van der Waals surface area contributed by atoms with Gasteiger partial charge in [0, 0.05) is 18.2 Å². The number of hydrogen-bond donors (Lipinski definition) is 2. The van der Waals surface area contributed by atoms with Crippen LogP contribution in [0.3, 0.4) is 0 Å². The first-order valence-corrected chi connectivity index (χ1v) is 7.33. The largest absolute Gasteiger partial charge is 0.393 e. The first kappa shape index (κ1) is 14.9. The van der Waals surface area contributed by atoms with Crippen molar-refractivity contribution in [1.29, 1.82) is 0 Å². The number of benzene rings is 1. The number of aryl methyl sites for hydroxylation is 1. The lowest BCUT2D eigenvalue weighted by atomic mass is 9.98. The van der Waals surface area contributed by atoms with Crippen LogP contribution >= 0.6 is 12.2 Å². The van der Waals surface area contributed by atoms with Gasteiger partial charge in [-0.15, -0.1) is 0 Å². The average molecular weight is 291 g/mol. The highest BCUT2D eigenvalue weighted by Crippen LogP contribution is 2.17. The van der Waals surface area contributed by atoms with Crippen molar-refractivity contribution in [3.8, 4) is 0 Å². The van der Waals surface area contributed by atoms with Crippen LogP contribution in [-0.2, 0) is 4.79 Å². The summed E-state index contributed by atoms with van der Waals surface area (Å²) in [5.41, 5.74) is 7.68. The Morgan fingerprint density at radius 2 is 2.35 bits per heavy atom. The van der Waals surface area contributed by atoms with Crippen LogP contribution in [0.2, 0.25) is 0 Å². The number of hydrogen-bond acceptors (Lipinski definition) is 3. The van der Waals surface area contributed by atoms with Gasteiger partial charge in [0.25, 0.3) is 0 Å². The number of anilines is 1. The number of carbonyl (C=O) groups excluding carboxylic acids is 1. The zero-order valence-corrected chi connectivity index (χ0v) is 12.6. The Morgan fingerprint density at radius 1 is 1.55 bits per heavy atom. The van der Waals surface area contributed by atoms with Crippen molar-refractivity contribution in [1.82, 2.24) is 4.90 Å². The van der Waals surface area contributed by atoms with E-state index in [1.54, 1.807) is 0 Å². The molecule has 108 valence electrons. The van der Waals surface area contributed by atoms with E-state index in [0.717, 1.165) is 37.2 Å². The minimum absolute atomic E-state index is 0.0131. The molecule has 1 aliphatic heterocycles. The summed E-state index contributed by atoms with van der Waals surface area (Å²) in [5.74, 6) is 0.254. The Morgan fingerprint density at radius 3 is 3.05 bits per heavy atom. The molecule has 1 aromatic rings. The smallest absolute Gasteiger partial charge is 0.238 e. The van der Waals surface area contributed by atoms with Gasteiger partial charge >= 0.3 is 0 Å². The topological polar surface area (TPSA) is 58.4 Å². The monoisotopic (exact) mass is 291 g/mol. The van der Waals surface area contributed by atoms with Crippen LogP contribution in [-0.4, -0.2) is 35.4 Å². The molecule has 3 N–H and O–H groups in total. The Hall–Kier alpha value is -1.46. The third-order valence-electron chi connectivity index (χ3n) is 3.58. The molecule has 1 heterocycles. The van der Waals surface area contributed by atoms with Gasteiger partial charge in [-0.3, -0.25) is 9.69 Å². The minimum atomic E-state index is 0.0131. The van der Waals surface area contributed by atoms with Gasteiger partial charge < -0.3 is 11.1 Å². The molecule has 0 aromatic heterocycles. The summed E-state index contributed by atoms with van der Waals surface area (Å²) in [6, 6.07) is 7.81. The molecule has 1 unspecified atom stereocenters. The predicted molar refractivity (Wildman–Crippen MR) is 85.8 cm³/mol. The lowest BCUT2D eigenvalue weighted by Gasteiger charge is -2.31. The van der Waals surface area contributed by atoms with Crippen molar-refractivity contribution < 1.29 is 4.79 Å². The van der Waals surface area contributed by atoms with Gasteiger partial charge in [-0.05, 0) is 44.0 Å². The maximum absolute atomic E-state index is 12.1. The fourth-order valence-corrected chi connectivity index (χ4v) is 2.75. The van der Waals surface area contributed by atoms with Gasteiger partial charge in [0.1, 0.15) is 0 Å². The molecule has 0 bridgehead atoms. The van der Waals surface area contributed by atoms with E-state index in [9.17, 15) is 4.79 Å². The fourth-order valence-electron chi connectivity index (χ4n) is 2.56. The Labute approximate surface area is 125 Å². The van der Waals surface area contributed by atoms with Crippen LogP contribution < -0.4 is 11.1 Å². The zero-order valence-electron chi connectivity index (χ0n) is 11.8. The summed E-state index contributed by atoms with van der Waals surface area (Å²) in [6.07, 6.45) is 2.07. The van der Waals surface area contributed by atoms with Crippen molar-refractivity contribution in [2.24, 2.45) is 11.7 Å². The first-order valence-electron chi connectivity index (χ1n) is 6.93. The number of likely N-dealkylation sites (tertiary alicyclic amines) is 1. The molecule has 1 aromatic carbocycles. The first-order chi connectivity index (χ1) is 9.54. The number of nitrogens with one attached hydrogen (secondary N) is 1. The van der Waals surface area contributed by atoms with Crippen molar-refractivity contribution >= 4 is 28.8 Å². The molecule has 5 heteroatoms. The van der Waals surface area contributed by atoms with Crippen LogP contribution in [0.4, 0.5) is 5.69 Å². The number of nitrogens with two attached hydrogens (primary N) is 1. The zero-order chi connectivity index (χ0) is 14.5. The average Bonchev–Trinajstić information content (AvgIpc) is 2.38. The number of thiocarbonyl (C=S) groups is 1. The minimum Gasteiger partial charge on any atom is -0.393 e. The normalized spacial score (nSPS) is 19.6. The van der Waals surface area contributed by atoms with Gasteiger partial charge in [-0.25, -0.2) is 0 Å². The van der Waals surface area contributed by atoms with Crippen LogP contribution in [0.5, 0.6) is 0 Å². The number of carbonyl (C=O) groups is 1. The van der Waals surface area contributed by atoms with Crippen LogP contribution in [0.1, 0.15) is 18.4 Å². The van der Waals surface area contributed by atoms with E-state index in [4.69, 9.17) is 18.0 Å². The van der Waals surface area contributed by atoms with E-state index >= 15 is 0 Å². The number of nitrogens with zero attached hydrogens (tertiary/aromatic N) is 1. The Kier molecular flexibility index (Phi) is 5.09. The van der Waals surface area contributed by atoms with E-state index in [1.165, 1.54) is 0 Å². The number of amides is 1. The molecule has 1 amide bonds. The molecule has 1 fully saturated rings.